The van der Waals surface area contributed by atoms with Gasteiger partial charge in [0, 0.05) is 18.4 Å². The molecule has 1 atom stereocenters. The van der Waals surface area contributed by atoms with Crippen LogP contribution in [0, 0.1) is 5.41 Å². The van der Waals surface area contributed by atoms with Crippen LogP contribution < -0.4 is 5.32 Å². The quantitative estimate of drug-likeness (QED) is 0.818. The van der Waals surface area contributed by atoms with Crippen LogP contribution in [0.25, 0.3) is 0 Å². The maximum atomic E-state index is 12.2. The molecule has 1 saturated heterocycles. The Labute approximate surface area is 89.9 Å². The van der Waals surface area contributed by atoms with Crippen LogP contribution in [0.4, 0.5) is 0 Å². The summed E-state index contributed by atoms with van der Waals surface area (Å²) in [4.78, 5) is 12.2. The second-order valence-electron chi connectivity index (χ2n) is 4.29. The van der Waals surface area contributed by atoms with E-state index < -0.39 is 0 Å². The van der Waals surface area contributed by atoms with Crippen molar-refractivity contribution in [2.24, 2.45) is 5.41 Å². The molecule has 1 unspecified atom stereocenters. The van der Waals surface area contributed by atoms with Gasteiger partial charge in [-0.15, -0.1) is 0 Å². The van der Waals surface area contributed by atoms with Gasteiger partial charge in [-0.3, -0.25) is 4.79 Å². The molecule has 0 spiro atoms. The summed E-state index contributed by atoms with van der Waals surface area (Å²) in [5.74, 6) is 0.344. The molecule has 0 amide bonds. The van der Waals surface area contributed by atoms with Crippen molar-refractivity contribution in [3.8, 4) is 0 Å². The first-order valence-electron chi connectivity index (χ1n) is 5.52. The van der Waals surface area contributed by atoms with E-state index in [4.69, 9.17) is 4.42 Å². The summed E-state index contributed by atoms with van der Waals surface area (Å²) in [7, 11) is 0. The van der Waals surface area contributed by atoms with Gasteiger partial charge in [0.25, 0.3) is 0 Å². The number of rotatable bonds is 4. The van der Waals surface area contributed by atoms with Crippen molar-refractivity contribution < 1.29 is 9.21 Å². The number of ketones is 1. The van der Waals surface area contributed by atoms with E-state index in [0.717, 1.165) is 31.5 Å². The molecule has 0 saturated carbocycles. The van der Waals surface area contributed by atoms with Crippen molar-refractivity contribution in [2.75, 3.05) is 13.1 Å². The molecule has 0 radical (unpaired) electrons. The summed E-state index contributed by atoms with van der Waals surface area (Å²) in [5, 5.41) is 3.28. The van der Waals surface area contributed by atoms with Crippen molar-refractivity contribution in [1.29, 1.82) is 0 Å². The summed E-state index contributed by atoms with van der Waals surface area (Å²) >= 11 is 0. The molecular formula is C12H17NO2. The molecular weight excluding hydrogens is 190 g/mol. The van der Waals surface area contributed by atoms with Crippen LogP contribution in [0.1, 0.15) is 25.3 Å². The zero-order valence-corrected chi connectivity index (χ0v) is 9.08. The topological polar surface area (TPSA) is 42.2 Å². The highest BCUT2D eigenvalue weighted by atomic mass is 16.3. The minimum absolute atomic E-state index is 0.128. The Morgan fingerprint density at radius 2 is 2.53 bits per heavy atom. The molecule has 1 N–H and O–H groups in total. The average Bonchev–Trinajstić information content (AvgIpc) is 2.87. The predicted octanol–water partition coefficient (Wildman–Crippen LogP) is 1.78. The molecule has 0 bridgehead atoms. The lowest BCUT2D eigenvalue weighted by molar-refractivity contribution is -0.127. The first kappa shape index (κ1) is 10.4. The molecule has 0 aromatic carbocycles. The van der Waals surface area contributed by atoms with Crippen LogP contribution in [0.3, 0.4) is 0 Å². The number of Topliss-reactive ketones (excluding diaryl/α,β-unsaturated/α-hetero) is 1. The van der Waals surface area contributed by atoms with Gasteiger partial charge in [0.2, 0.25) is 0 Å². The molecule has 1 aromatic heterocycles. The number of carbonyl (C=O) groups is 1. The highest BCUT2D eigenvalue weighted by Crippen LogP contribution is 2.31. The Bertz CT molecular complexity index is 323. The fourth-order valence-electron chi connectivity index (χ4n) is 2.25. The summed E-state index contributed by atoms with van der Waals surface area (Å²) in [5.41, 5.74) is 0.858. The predicted molar refractivity (Wildman–Crippen MR) is 57.6 cm³/mol. The van der Waals surface area contributed by atoms with Gasteiger partial charge in [0.05, 0.1) is 12.5 Å². The molecule has 3 heteroatoms. The van der Waals surface area contributed by atoms with Gasteiger partial charge in [0.1, 0.15) is 5.78 Å². The minimum Gasteiger partial charge on any atom is -0.472 e. The van der Waals surface area contributed by atoms with Gasteiger partial charge in [0.15, 0.2) is 0 Å². The monoisotopic (exact) mass is 207 g/mol. The van der Waals surface area contributed by atoms with Gasteiger partial charge in [-0.25, -0.2) is 0 Å². The lowest BCUT2D eigenvalue weighted by Crippen LogP contribution is -2.34. The smallest absolute Gasteiger partial charge is 0.144 e. The van der Waals surface area contributed by atoms with Gasteiger partial charge in [-0.2, -0.15) is 0 Å². The summed E-state index contributed by atoms with van der Waals surface area (Å²) in [6.45, 7) is 3.89. The van der Waals surface area contributed by atoms with Crippen molar-refractivity contribution in [1.82, 2.24) is 5.32 Å². The zero-order valence-electron chi connectivity index (χ0n) is 9.08. The fourth-order valence-corrected chi connectivity index (χ4v) is 2.25. The van der Waals surface area contributed by atoms with E-state index in [1.54, 1.807) is 12.5 Å². The lowest BCUT2D eigenvalue weighted by Gasteiger charge is -2.24. The van der Waals surface area contributed by atoms with E-state index in [0.29, 0.717) is 12.2 Å². The molecule has 3 nitrogen and oxygen atoms in total. The Morgan fingerprint density at radius 3 is 3.07 bits per heavy atom. The average molecular weight is 207 g/mol. The van der Waals surface area contributed by atoms with Crippen molar-refractivity contribution in [2.45, 2.75) is 26.2 Å². The highest BCUT2D eigenvalue weighted by molar-refractivity contribution is 5.87. The van der Waals surface area contributed by atoms with Crippen LogP contribution in [-0.2, 0) is 11.2 Å². The molecule has 1 fully saturated rings. The lowest BCUT2D eigenvalue weighted by atomic mass is 9.78. The van der Waals surface area contributed by atoms with Gasteiger partial charge >= 0.3 is 0 Å². The Balaban J connectivity index is 2.06. The fraction of sp³-hybridized carbons (Fsp3) is 0.583. The molecule has 15 heavy (non-hydrogen) atoms. The largest absolute Gasteiger partial charge is 0.472 e. The molecule has 2 heterocycles. The molecule has 82 valence electrons. The number of nitrogens with one attached hydrogen (secondary N) is 1. The van der Waals surface area contributed by atoms with Gasteiger partial charge in [-0.05, 0) is 31.0 Å². The molecule has 1 aliphatic heterocycles. The van der Waals surface area contributed by atoms with Gasteiger partial charge in [-0.1, -0.05) is 6.92 Å². The van der Waals surface area contributed by atoms with E-state index in [1.165, 1.54) is 0 Å². The Hall–Kier alpha value is -1.09. The number of furan rings is 1. The third-order valence-corrected chi connectivity index (χ3v) is 3.46. The summed E-state index contributed by atoms with van der Waals surface area (Å²) in [6, 6.07) is 1.86. The number of hydrogen-bond acceptors (Lipinski definition) is 3. The first-order valence-corrected chi connectivity index (χ1v) is 5.52. The normalized spacial score (nSPS) is 25.7. The van der Waals surface area contributed by atoms with Crippen LogP contribution in [-0.4, -0.2) is 18.9 Å². The van der Waals surface area contributed by atoms with Gasteiger partial charge < -0.3 is 9.73 Å². The minimum atomic E-state index is -0.128. The standard InChI is InChI=1S/C12H17NO2/c1-2-12(4-5-13-9-12)11(14)7-10-3-6-15-8-10/h3,6,8,13H,2,4-5,7,9H2,1H3. The molecule has 0 aliphatic carbocycles. The third kappa shape index (κ3) is 1.97. The highest BCUT2D eigenvalue weighted by Gasteiger charge is 2.38. The van der Waals surface area contributed by atoms with Crippen LogP contribution in [0.15, 0.2) is 23.0 Å². The van der Waals surface area contributed by atoms with E-state index in [1.807, 2.05) is 6.07 Å². The third-order valence-electron chi connectivity index (χ3n) is 3.46. The van der Waals surface area contributed by atoms with E-state index in [2.05, 4.69) is 12.2 Å². The maximum absolute atomic E-state index is 12.2. The van der Waals surface area contributed by atoms with Crippen molar-refractivity contribution >= 4 is 5.78 Å². The second kappa shape index (κ2) is 4.19. The van der Waals surface area contributed by atoms with Crippen LogP contribution in [0.2, 0.25) is 0 Å². The molecule has 1 aromatic rings. The SMILES string of the molecule is CCC1(C(=O)Cc2ccoc2)CCNC1. The number of hydrogen-bond donors (Lipinski definition) is 1. The second-order valence-corrected chi connectivity index (χ2v) is 4.29. The van der Waals surface area contributed by atoms with Crippen molar-refractivity contribution in [3.05, 3.63) is 24.2 Å². The van der Waals surface area contributed by atoms with E-state index in [-0.39, 0.29) is 5.41 Å². The molecule has 2 rings (SSSR count). The van der Waals surface area contributed by atoms with E-state index >= 15 is 0 Å². The summed E-state index contributed by atoms with van der Waals surface area (Å²) in [6.07, 6.45) is 5.68. The Morgan fingerprint density at radius 1 is 1.67 bits per heavy atom. The number of carbonyl (C=O) groups excluding carboxylic acids is 1. The maximum Gasteiger partial charge on any atom is 0.144 e. The first-order chi connectivity index (χ1) is 7.27. The Kier molecular flexibility index (Phi) is 2.91. The van der Waals surface area contributed by atoms with Crippen LogP contribution >= 0.6 is 0 Å². The van der Waals surface area contributed by atoms with Crippen molar-refractivity contribution in [3.63, 3.8) is 0 Å². The van der Waals surface area contributed by atoms with E-state index in [9.17, 15) is 4.79 Å². The van der Waals surface area contributed by atoms with Crippen LogP contribution in [0.5, 0.6) is 0 Å². The summed E-state index contributed by atoms with van der Waals surface area (Å²) < 4.78 is 4.98. The zero-order chi connectivity index (χ0) is 10.7. The molecule has 1 aliphatic rings.